The van der Waals surface area contributed by atoms with Crippen LogP contribution in [0.3, 0.4) is 0 Å². The van der Waals surface area contributed by atoms with E-state index in [0.717, 1.165) is 48.5 Å². The first kappa shape index (κ1) is 18.5. The second kappa shape index (κ2) is 8.43. The number of rotatable bonds is 6. The summed E-state index contributed by atoms with van der Waals surface area (Å²) >= 11 is 0. The van der Waals surface area contributed by atoms with E-state index in [-0.39, 0.29) is 5.56 Å². The molecule has 1 N–H and O–H groups in total. The molecule has 0 amide bonds. The largest absolute Gasteiger partial charge is 0.368 e. The molecule has 1 unspecified atom stereocenters. The molecule has 1 aliphatic heterocycles. The molecule has 0 aliphatic carbocycles. The van der Waals surface area contributed by atoms with Crippen molar-refractivity contribution >= 4 is 16.7 Å². The molecule has 1 saturated heterocycles. The molecule has 4 heterocycles. The fraction of sp³-hybridized carbons (Fsp3) is 0.450. The van der Waals surface area contributed by atoms with Gasteiger partial charge in [-0.05, 0) is 38.4 Å². The van der Waals surface area contributed by atoms with E-state index < -0.39 is 0 Å². The van der Waals surface area contributed by atoms with Crippen LogP contribution in [0.1, 0.15) is 25.0 Å². The second-order valence-electron chi connectivity index (χ2n) is 7.22. The molecule has 0 radical (unpaired) electrons. The van der Waals surface area contributed by atoms with Crippen molar-refractivity contribution in [3.63, 3.8) is 0 Å². The van der Waals surface area contributed by atoms with Gasteiger partial charge in [0.2, 0.25) is 0 Å². The van der Waals surface area contributed by atoms with E-state index >= 15 is 0 Å². The molecule has 1 aliphatic rings. The molecule has 28 heavy (non-hydrogen) atoms. The van der Waals surface area contributed by atoms with E-state index in [1.807, 2.05) is 13.0 Å². The summed E-state index contributed by atoms with van der Waals surface area (Å²) in [6.07, 6.45) is 8.63. The maximum absolute atomic E-state index is 12.0. The van der Waals surface area contributed by atoms with Crippen LogP contribution in [0.2, 0.25) is 0 Å². The third-order valence-corrected chi connectivity index (χ3v) is 5.29. The molecule has 8 nitrogen and oxygen atoms in total. The van der Waals surface area contributed by atoms with E-state index in [0.29, 0.717) is 12.6 Å². The van der Waals surface area contributed by atoms with Crippen molar-refractivity contribution in [3.05, 3.63) is 53.0 Å². The van der Waals surface area contributed by atoms with Crippen LogP contribution in [0.5, 0.6) is 0 Å². The molecule has 3 aromatic rings. The minimum Gasteiger partial charge on any atom is -0.368 e. The topological polar surface area (TPSA) is 88.8 Å². The number of nitrogens with one attached hydrogen (secondary N) is 1. The third kappa shape index (κ3) is 4.17. The van der Waals surface area contributed by atoms with Crippen molar-refractivity contribution in [2.24, 2.45) is 0 Å². The number of hydrogen-bond donors (Lipinski definition) is 1. The predicted octanol–water partition coefficient (Wildman–Crippen LogP) is 1.86. The molecule has 1 atom stereocenters. The zero-order valence-corrected chi connectivity index (χ0v) is 16.1. The number of nitrogens with zero attached hydrogens (tertiary/aromatic N) is 6. The summed E-state index contributed by atoms with van der Waals surface area (Å²) in [5.41, 5.74) is 1.66. The van der Waals surface area contributed by atoms with Gasteiger partial charge in [0.1, 0.15) is 12.1 Å². The lowest BCUT2D eigenvalue weighted by atomic mass is 10.0. The standard InChI is InChI=1S/C20H25N7O/c1-15-5-6-19(28)27(25-15)11-10-26-9-3-2-4-16(26)12-22-20-17-7-8-21-13-18(17)23-14-24-20/h5-8,13-14,16H,2-4,9-12H2,1H3,(H,22,23,24). The molecular formula is C20H25N7O. The Balaban J connectivity index is 1.42. The highest BCUT2D eigenvalue weighted by molar-refractivity contribution is 5.87. The summed E-state index contributed by atoms with van der Waals surface area (Å²) in [6, 6.07) is 5.69. The average molecular weight is 379 g/mol. The van der Waals surface area contributed by atoms with Crippen LogP contribution in [-0.4, -0.2) is 55.3 Å². The van der Waals surface area contributed by atoms with Crippen LogP contribution < -0.4 is 10.9 Å². The van der Waals surface area contributed by atoms with Gasteiger partial charge in [-0.2, -0.15) is 5.10 Å². The Labute approximate surface area is 163 Å². The maximum Gasteiger partial charge on any atom is 0.266 e. The number of piperidine rings is 1. The Morgan fingerprint density at radius 1 is 1.18 bits per heavy atom. The van der Waals surface area contributed by atoms with Gasteiger partial charge in [0.25, 0.3) is 5.56 Å². The van der Waals surface area contributed by atoms with Gasteiger partial charge in [0.15, 0.2) is 0 Å². The molecule has 8 heteroatoms. The summed E-state index contributed by atoms with van der Waals surface area (Å²) in [4.78, 5) is 27.3. The zero-order chi connectivity index (χ0) is 19.3. The van der Waals surface area contributed by atoms with Gasteiger partial charge >= 0.3 is 0 Å². The van der Waals surface area contributed by atoms with Crippen molar-refractivity contribution in [1.29, 1.82) is 0 Å². The molecule has 0 spiro atoms. The number of aromatic nitrogens is 5. The lowest BCUT2D eigenvalue weighted by Crippen LogP contribution is -2.45. The molecular weight excluding hydrogens is 354 g/mol. The van der Waals surface area contributed by atoms with E-state index in [4.69, 9.17) is 0 Å². The first-order valence-electron chi connectivity index (χ1n) is 9.78. The number of aryl methyl sites for hydroxylation is 1. The Morgan fingerprint density at radius 3 is 3.04 bits per heavy atom. The highest BCUT2D eigenvalue weighted by Crippen LogP contribution is 2.20. The van der Waals surface area contributed by atoms with E-state index in [1.165, 1.54) is 12.8 Å². The van der Waals surface area contributed by atoms with Crippen LogP contribution in [0.25, 0.3) is 10.9 Å². The predicted molar refractivity (Wildman–Crippen MR) is 108 cm³/mol. The fourth-order valence-corrected chi connectivity index (χ4v) is 3.78. The van der Waals surface area contributed by atoms with E-state index in [2.05, 4.69) is 30.3 Å². The summed E-state index contributed by atoms with van der Waals surface area (Å²) in [5, 5.41) is 8.83. The Bertz CT molecular complexity index is 998. The Morgan fingerprint density at radius 2 is 2.11 bits per heavy atom. The van der Waals surface area contributed by atoms with E-state index in [9.17, 15) is 4.79 Å². The lowest BCUT2D eigenvalue weighted by Gasteiger charge is -2.36. The number of anilines is 1. The summed E-state index contributed by atoms with van der Waals surface area (Å²) in [6.45, 7) is 5.19. The molecule has 0 saturated carbocycles. The van der Waals surface area contributed by atoms with Gasteiger partial charge in [0.05, 0.1) is 24.0 Å². The molecule has 0 bridgehead atoms. The molecule has 146 valence electrons. The zero-order valence-electron chi connectivity index (χ0n) is 16.1. The van der Waals surface area contributed by atoms with Crippen LogP contribution in [0, 0.1) is 6.92 Å². The lowest BCUT2D eigenvalue weighted by molar-refractivity contribution is 0.148. The van der Waals surface area contributed by atoms with E-state index in [1.54, 1.807) is 35.5 Å². The van der Waals surface area contributed by atoms with Crippen LogP contribution in [0.15, 0.2) is 41.7 Å². The van der Waals surface area contributed by atoms with Crippen molar-refractivity contribution in [1.82, 2.24) is 29.6 Å². The smallest absolute Gasteiger partial charge is 0.266 e. The molecule has 4 rings (SSSR count). The minimum atomic E-state index is -0.0432. The molecule has 3 aromatic heterocycles. The van der Waals surface area contributed by atoms with Gasteiger partial charge in [0, 0.05) is 36.8 Å². The van der Waals surface area contributed by atoms with Gasteiger partial charge in [-0.3, -0.25) is 14.7 Å². The van der Waals surface area contributed by atoms with Crippen molar-refractivity contribution < 1.29 is 0 Å². The van der Waals surface area contributed by atoms with Gasteiger partial charge in [-0.25, -0.2) is 14.6 Å². The Hall–Kier alpha value is -2.87. The maximum atomic E-state index is 12.0. The second-order valence-corrected chi connectivity index (χ2v) is 7.22. The van der Waals surface area contributed by atoms with Gasteiger partial charge < -0.3 is 5.32 Å². The monoisotopic (exact) mass is 379 g/mol. The van der Waals surface area contributed by atoms with Gasteiger partial charge in [-0.1, -0.05) is 6.42 Å². The van der Waals surface area contributed by atoms with Crippen molar-refractivity contribution in [2.75, 3.05) is 25.0 Å². The highest BCUT2D eigenvalue weighted by atomic mass is 16.1. The highest BCUT2D eigenvalue weighted by Gasteiger charge is 2.22. The quantitative estimate of drug-likeness (QED) is 0.699. The van der Waals surface area contributed by atoms with Crippen LogP contribution in [-0.2, 0) is 6.54 Å². The summed E-state index contributed by atoms with van der Waals surface area (Å²) in [7, 11) is 0. The van der Waals surface area contributed by atoms with Gasteiger partial charge in [-0.15, -0.1) is 0 Å². The van der Waals surface area contributed by atoms with Crippen molar-refractivity contribution in [3.8, 4) is 0 Å². The third-order valence-electron chi connectivity index (χ3n) is 5.29. The first-order valence-corrected chi connectivity index (χ1v) is 9.78. The number of fused-ring (bicyclic) bond motifs is 1. The fourth-order valence-electron chi connectivity index (χ4n) is 3.78. The summed E-state index contributed by atoms with van der Waals surface area (Å²) in [5.74, 6) is 0.842. The average Bonchev–Trinajstić information content (AvgIpc) is 2.73. The minimum absolute atomic E-state index is 0.0432. The normalized spacial score (nSPS) is 17.7. The molecule has 1 fully saturated rings. The Kier molecular flexibility index (Phi) is 5.57. The number of pyridine rings is 1. The van der Waals surface area contributed by atoms with Crippen LogP contribution >= 0.6 is 0 Å². The van der Waals surface area contributed by atoms with Crippen LogP contribution in [0.4, 0.5) is 5.82 Å². The number of likely N-dealkylation sites (tertiary alicyclic amines) is 1. The molecule has 0 aromatic carbocycles. The van der Waals surface area contributed by atoms with Crippen molar-refractivity contribution in [2.45, 2.75) is 38.8 Å². The SMILES string of the molecule is Cc1ccc(=O)n(CCN2CCCCC2CNc2ncnc3cnccc23)n1. The number of hydrogen-bond acceptors (Lipinski definition) is 7. The summed E-state index contributed by atoms with van der Waals surface area (Å²) < 4.78 is 1.57. The first-order chi connectivity index (χ1) is 13.7.